The van der Waals surface area contributed by atoms with E-state index in [0.29, 0.717) is 25.4 Å². The Morgan fingerprint density at radius 3 is 2.64 bits per heavy atom. The first-order valence-electron chi connectivity index (χ1n) is 8.02. The molecule has 0 atom stereocenters. The number of unbranched alkanes of at least 4 members (excludes halogenated alkanes) is 2. The van der Waals surface area contributed by atoms with Gasteiger partial charge in [0.25, 0.3) is 5.91 Å². The third-order valence-electron chi connectivity index (χ3n) is 3.86. The Hall–Kier alpha value is -1.82. The maximum atomic E-state index is 12.1. The number of nitrogens with one attached hydrogen (secondary N) is 1. The summed E-state index contributed by atoms with van der Waals surface area (Å²) in [6.07, 6.45) is 4.84. The predicted octanol–water partition coefficient (Wildman–Crippen LogP) is 1.34. The second kappa shape index (κ2) is 8.58. The highest BCUT2D eigenvalue weighted by Crippen LogP contribution is 2.09. The quantitative estimate of drug-likeness (QED) is 0.772. The van der Waals surface area contributed by atoms with Gasteiger partial charge in [-0.1, -0.05) is 19.8 Å². The molecule has 1 N–H and O–H groups in total. The molecule has 0 aliphatic carbocycles. The predicted molar refractivity (Wildman–Crippen MR) is 83.6 cm³/mol. The van der Waals surface area contributed by atoms with E-state index in [1.165, 1.54) is 6.26 Å². The van der Waals surface area contributed by atoms with Gasteiger partial charge in [-0.3, -0.25) is 14.5 Å². The fraction of sp³-hybridized carbons (Fsp3) is 0.625. The van der Waals surface area contributed by atoms with Crippen LogP contribution >= 0.6 is 0 Å². The van der Waals surface area contributed by atoms with Crippen molar-refractivity contribution in [1.29, 1.82) is 0 Å². The lowest BCUT2D eigenvalue weighted by Crippen LogP contribution is -2.51. The molecule has 6 nitrogen and oxygen atoms in total. The standard InChI is InChI=1S/C16H25N3O3/c1-2-3-4-7-17-15(20)13-18-8-10-19(11-9-18)16(21)14-6-5-12-22-14/h5-6,12H,2-4,7-11,13H2,1H3,(H,17,20). The molecule has 0 saturated carbocycles. The van der Waals surface area contributed by atoms with Crippen LogP contribution in [0.5, 0.6) is 0 Å². The van der Waals surface area contributed by atoms with Crippen molar-refractivity contribution in [3.63, 3.8) is 0 Å². The van der Waals surface area contributed by atoms with E-state index in [1.807, 2.05) is 0 Å². The third-order valence-corrected chi connectivity index (χ3v) is 3.86. The summed E-state index contributed by atoms with van der Waals surface area (Å²) >= 11 is 0. The number of piperazine rings is 1. The Morgan fingerprint density at radius 2 is 2.00 bits per heavy atom. The van der Waals surface area contributed by atoms with Crippen molar-refractivity contribution in [3.8, 4) is 0 Å². The number of amides is 2. The van der Waals surface area contributed by atoms with E-state index in [1.54, 1.807) is 17.0 Å². The summed E-state index contributed by atoms with van der Waals surface area (Å²) in [7, 11) is 0. The smallest absolute Gasteiger partial charge is 0.289 e. The largest absolute Gasteiger partial charge is 0.459 e. The van der Waals surface area contributed by atoms with Crippen molar-refractivity contribution in [2.24, 2.45) is 0 Å². The molecule has 1 aromatic heterocycles. The second-order valence-electron chi connectivity index (χ2n) is 5.60. The van der Waals surface area contributed by atoms with Gasteiger partial charge >= 0.3 is 0 Å². The summed E-state index contributed by atoms with van der Waals surface area (Å²) in [5.41, 5.74) is 0. The normalized spacial score (nSPS) is 15.8. The zero-order valence-electron chi connectivity index (χ0n) is 13.2. The number of hydrogen-bond acceptors (Lipinski definition) is 4. The van der Waals surface area contributed by atoms with Crippen molar-refractivity contribution in [1.82, 2.24) is 15.1 Å². The average Bonchev–Trinajstić information content (AvgIpc) is 3.06. The van der Waals surface area contributed by atoms with E-state index >= 15 is 0 Å². The zero-order chi connectivity index (χ0) is 15.8. The van der Waals surface area contributed by atoms with Gasteiger partial charge in [-0.05, 0) is 18.6 Å². The topological polar surface area (TPSA) is 65.8 Å². The van der Waals surface area contributed by atoms with E-state index in [2.05, 4.69) is 17.1 Å². The first-order chi connectivity index (χ1) is 10.7. The van der Waals surface area contributed by atoms with E-state index in [-0.39, 0.29) is 11.8 Å². The third kappa shape index (κ3) is 4.87. The molecule has 2 amide bonds. The van der Waals surface area contributed by atoms with Gasteiger partial charge in [0.15, 0.2) is 5.76 Å². The molecule has 1 aliphatic heterocycles. The molecule has 0 bridgehead atoms. The molecule has 1 aliphatic rings. The molecule has 0 spiro atoms. The molecule has 22 heavy (non-hydrogen) atoms. The SMILES string of the molecule is CCCCCNC(=O)CN1CCN(C(=O)c2ccco2)CC1. The molecule has 1 aromatic rings. The van der Waals surface area contributed by atoms with Crippen LogP contribution in [0.15, 0.2) is 22.8 Å². The van der Waals surface area contributed by atoms with Crippen LogP contribution in [-0.2, 0) is 4.79 Å². The summed E-state index contributed by atoms with van der Waals surface area (Å²) in [4.78, 5) is 27.8. The molecule has 0 unspecified atom stereocenters. The van der Waals surface area contributed by atoms with E-state index < -0.39 is 0 Å². The molecule has 1 saturated heterocycles. The van der Waals surface area contributed by atoms with E-state index in [0.717, 1.165) is 38.9 Å². The van der Waals surface area contributed by atoms with Crippen molar-refractivity contribution in [2.75, 3.05) is 39.3 Å². The molecule has 0 aromatic carbocycles. The fourth-order valence-electron chi connectivity index (χ4n) is 2.53. The Kier molecular flexibility index (Phi) is 6.45. The van der Waals surface area contributed by atoms with E-state index in [4.69, 9.17) is 4.42 Å². The molecule has 2 rings (SSSR count). The molecule has 0 radical (unpaired) electrons. The lowest BCUT2D eigenvalue weighted by molar-refractivity contribution is -0.122. The van der Waals surface area contributed by atoms with Crippen LogP contribution < -0.4 is 5.32 Å². The monoisotopic (exact) mass is 307 g/mol. The molecular formula is C16H25N3O3. The maximum absolute atomic E-state index is 12.1. The molecule has 1 fully saturated rings. The number of furan rings is 1. The summed E-state index contributed by atoms with van der Waals surface area (Å²) in [5, 5.41) is 2.94. The van der Waals surface area contributed by atoms with Gasteiger partial charge < -0.3 is 14.6 Å². The van der Waals surface area contributed by atoms with E-state index in [9.17, 15) is 9.59 Å². The molecule has 6 heteroatoms. The van der Waals surface area contributed by atoms with Gasteiger partial charge in [0.2, 0.25) is 5.91 Å². The maximum Gasteiger partial charge on any atom is 0.289 e. The van der Waals surface area contributed by atoms with Gasteiger partial charge in [0.1, 0.15) is 0 Å². The lowest BCUT2D eigenvalue weighted by Gasteiger charge is -2.33. The first-order valence-corrected chi connectivity index (χ1v) is 8.02. The minimum Gasteiger partial charge on any atom is -0.459 e. The highest BCUT2D eigenvalue weighted by molar-refractivity contribution is 5.91. The minimum atomic E-state index is -0.0753. The van der Waals surface area contributed by atoms with Crippen LogP contribution in [0.2, 0.25) is 0 Å². The number of carbonyl (C=O) groups excluding carboxylic acids is 2. The summed E-state index contributed by atoms with van der Waals surface area (Å²) in [6, 6.07) is 3.39. The Balaban J connectivity index is 1.66. The van der Waals surface area contributed by atoms with Crippen molar-refractivity contribution < 1.29 is 14.0 Å². The Labute approximate surface area is 131 Å². The summed E-state index contributed by atoms with van der Waals surface area (Å²) in [5.74, 6) is 0.373. The summed E-state index contributed by atoms with van der Waals surface area (Å²) < 4.78 is 5.14. The average molecular weight is 307 g/mol. The van der Waals surface area contributed by atoms with Gasteiger partial charge in [-0.2, -0.15) is 0 Å². The lowest BCUT2D eigenvalue weighted by atomic mass is 10.2. The Morgan fingerprint density at radius 1 is 1.23 bits per heavy atom. The molecule has 2 heterocycles. The van der Waals surface area contributed by atoms with Gasteiger partial charge in [0.05, 0.1) is 12.8 Å². The molecule has 122 valence electrons. The summed E-state index contributed by atoms with van der Waals surface area (Å²) in [6.45, 7) is 6.00. The van der Waals surface area contributed by atoms with Crippen molar-refractivity contribution in [3.05, 3.63) is 24.2 Å². The first kappa shape index (κ1) is 16.5. The zero-order valence-corrected chi connectivity index (χ0v) is 13.2. The number of nitrogens with zero attached hydrogens (tertiary/aromatic N) is 2. The fourth-order valence-corrected chi connectivity index (χ4v) is 2.53. The number of carbonyl (C=O) groups is 2. The van der Waals surface area contributed by atoms with Gasteiger partial charge in [-0.25, -0.2) is 0 Å². The van der Waals surface area contributed by atoms with Gasteiger partial charge in [0, 0.05) is 32.7 Å². The van der Waals surface area contributed by atoms with Gasteiger partial charge in [-0.15, -0.1) is 0 Å². The minimum absolute atomic E-state index is 0.0712. The van der Waals surface area contributed by atoms with Crippen molar-refractivity contribution >= 4 is 11.8 Å². The van der Waals surface area contributed by atoms with Crippen LogP contribution in [0.1, 0.15) is 36.7 Å². The van der Waals surface area contributed by atoms with Crippen LogP contribution in [0, 0.1) is 0 Å². The van der Waals surface area contributed by atoms with Crippen LogP contribution in [-0.4, -0.2) is 60.9 Å². The Bertz CT molecular complexity index is 465. The second-order valence-corrected chi connectivity index (χ2v) is 5.60. The van der Waals surface area contributed by atoms with Crippen molar-refractivity contribution in [2.45, 2.75) is 26.2 Å². The molecular weight excluding hydrogens is 282 g/mol. The van der Waals surface area contributed by atoms with Crippen LogP contribution in [0.3, 0.4) is 0 Å². The van der Waals surface area contributed by atoms with Crippen LogP contribution in [0.4, 0.5) is 0 Å². The highest BCUT2D eigenvalue weighted by Gasteiger charge is 2.24. The number of hydrogen-bond donors (Lipinski definition) is 1. The number of rotatable bonds is 7. The highest BCUT2D eigenvalue weighted by atomic mass is 16.3. The van der Waals surface area contributed by atoms with Crippen LogP contribution in [0.25, 0.3) is 0 Å².